The predicted molar refractivity (Wildman–Crippen MR) is 80.3 cm³/mol. The molecule has 0 amide bonds. The Hall–Kier alpha value is -3.06. The first kappa shape index (κ1) is 11.7. The molecule has 3 heterocycles. The third kappa shape index (κ3) is 2.05. The number of H-pyrrole nitrogens is 2. The molecule has 0 fully saturated rings. The molecule has 1 aromatic carbocycles. The molecule has 0 bridgehead atoms. The van der Waals surface area contributed by atoms with Gasteiger partial charge in [-0.15, -0.1) is 0 Å². The second kappa shape index (κ2) is 4.50. The zero-order chi connectivity index (χ0) is 14.2. The van der Waals surface area contributed by atoms with Crippen LogP contribution in [0.2, 0.25) is 0 Å². The van der Waals surface area contributed by atoms with Gasteiger partial charge in [-0.1, -0.05) is 12.0 Å². The van der Waals surface area contributed by atoms with Gasteiger partial charge in [0, 0.05) is 28.0 Å². The number of nitrogens with zero attached hydrogens (tertiary/aromatic N) is 1. The van der Waals surface area contributed by atoms with Crippen molar-refractivity contribution in [2.45, 2.75) is 0 Å². The summed E-state index contributed by atoms with van der Waals surface area (Å²) in [6.45, 7) is 0. The Morgan fingerprint density at radius 1 is 1.10 bits per heavy atom. The number of rotatable bonds is 0. The van der Waals surface area contributed by atoms with Crippen molar-refractivity contribution in [2.75, 3.05) is 0 Å². The second-order valence-electron chi connectivity index (χ2n) is 4.77. The van der Waals surface area contributed by atoms with Gasteiger partial charge in [0.25, 0.3) is 0 Å². The Morgan fingerprint density at radius 3 is 3.00 bits per heavy atom. The molecule has 2 N–H and O–H groups in total. The molecule has 0 aliphatic heterocycles. The summed E-state index contributed by atoms with van der Waals surface area (Å²) in [4.78, 5) is 10.2. The summed E-state index contributed by atoms with van der Waals surface area (Å²) in [5.41, 5.74) is 3.37. The molecule has 4 heteroatoms. The average Bonchev–Trinajstić information content (AvgIpc) is 3.10. The topological polar surface area (TPSA) is 44.5 Å². The molecular weight excluding hydrogens is 265 g/mol. The van der Waals surface area contributed by atoms with Gasteiger partial charge in [0.15, 0.2) is 0 Å². The minimum Gasteiger partial charge on any atom is -0.361 e. The fourth-order valence-corrected chi connectivity index (χ4v) is 2.38. The highest BCUT2D eigenvalue weighted by Gasteiger charge is 2.02. The molecule has 3 aromatic heterocycles. The number of hydrogen-bond donors (Lipinski definition) is 2. The molecule has 0 saturated carbocycles. The molecule has 4 rings (SSSR count). The van der Waals surface area contributed by atoms with Gasteiger partial charge in [0.05, 0.1) is 11.9 Å². The maximum atomic E-state index is 13.1. The minimum atomic E-state index is -0.349. The highest BCUT2D eigenvalue weighted by Crippen LogP contribution is 2.17. The van der Waals surface area contributed by atoms with Crippen molar-refractivity contribution >= 4 is 21.9 Å². The van der Waals surface area contributed by atoms with E-state index in [0.717, 1.165) is 27.5 Å². The van der Waals surface area contributed by atoms with Crippen LogP contribution in [0.15, 0.2) is 48.8 Å². The monoisotopic (exact) mass is 275 g/mol. The first-order valence-electron chi connectivity index (χ1n) is 6.52. The summed E-state index contributed by atoms with van der Waals surface area (Å²) in [5, 5.41) is 1.81. The van der Waals surface area contributed by atoms with E-state index in [4.69, 9.17) is 0 Å². The summed E-state index contributed by atoms with van der Waals surface area (Å²) in [6, 6.07) is 11.2. The molecule has 0 radical (unpaired) electrons. The van der Waals surface area contributed by atoms with Crippen LogP contribution in [0.25, 0.3) is 21.9 Å². The molecule has 4 aromatic rings. The second-order valence-corrected chi connectivity index (χ2v) is 4.77. The summed E-state index contributed by atoms with van der Waals surface area (Å²) in [6.07, 6.45) is 3.09. The van der Waals surface area contributed by atoms with Crippen LogP contribution >= 0.6 is 0 Å². The number of aromatic nitrogens is 3. The standard InChI is InChI=1S/C17H10FN3/c18-13-8-12-9-14(21-17(12)20-10-13)5-4-11-2-1-3-16-15(11)6-7-19-16/h1-3,6-10,19H,(H,20,21). The maximum absolute atomic E-state index is 13.1. The van der Waals surface area contributed by atoms with E-state index >= 15 is 0 Å². The van der Waals surface area contributed by atoms with Crippen LogP contribution in [-0.4, -0.2) is 15.0 Å². The Morgan fingerprint density at radius 2 is 2.05 bits per heavy atom. The molecular formula is C17H10FN3. The largest absolute Gasteiger partial charge is 0.361 e. The van der Waals surface area contributed by atoms with Gasteiger partial charge >= 0.3 is 0 Å². The molecule has 100 valence electrons. The Balaban J connectivity index is 1.79. The molecule has 0 spiro atoms. The number of benzene rings is 1. The molecule has 0 atom stereocenters. The van der Waals surface area contributed by atoms with Gasteiger partial charge in [-0.2, -0.15) is 0 Å². The highest BCUT2D eigenvalue weighted by atomic mass is 19.1. The molecule has 21 heavy (non-hydrogen) atoms. The lowest BCUT2D eigenvalue weighted by molar-refractivity contribution is 0.624. The number of halogens is 1. The lowest BCUT2D eigenvalue weighted by atomic mass is 10.1. The normalized spacial score (nSPS) is 10.7. The van der Waals surface area contributed by atoms with E-state index in [1.54, 1.807) is 6.07 Å². The summed E-state index contributed by atoms with van der Waals surface area (Å²) in [5.74, 6) is 5.86. The van der Waals surface area contributed by atoms with Gasteiger partial charge in [-0.3, -0.25) is 0 Å². The van der Waals surface area contributed by atoms with Gasteiger partial charge in [-0.05, 0) is 36.3 Å². The molecule has 3 nitrogen and oxygen atoms in total. The van der Waals surface area contributed by atoms with Gasteiger partial charge < -0.3 is 9.97 Å². The van der Waals surface area contributed by atoms with Crippen LogP contribution in [0.1, 0.15) is 11.3 Å². The first-order chi connectivity index (χ1) is 10.3. The average molecular weight is 275 g/mol. The summed E-state index contributed by atoms with van der Waals surface area (Å²) >= 11 is 0. The van der Waals surface area contributed by atoms with Crippen LogP contribution in [0.3, 0.4) is 0 Å². The quantitative estimate of drug-likeness (QED) is 0.473. The van der Waals surface area contributed by atoms with Crippen molar-refractivity contribution in [3.63, 3.8) is 0 Å². The van der Waals surface area contributed by atoms with Crippen molar-refractivity contribution in [2.24, 2.45) is 0 Å². The lowest BCUT2D eigenvalue weighted by Gasteiger charge is -1.92. The van der Waals surface area contributed by atoms with Crippen molar-refractivity contribution in [1.29, 1.82) is 0 Å². The molecule has 0 saturated heterocycles. The molecule has 0 aliphatic carbocycles. The zero-order valence-corrected chi connectivity index (χ0v) is 10.9. The molecule has 0 aliphatic rings. The van der Waals surface area contributed by atoms with Crippen LogP contribution in [0, 0.1) is 17.7 Å². The van der Waals surface area contributed by atoms with Crippen molar-refractivity contribution in [3.05, 3.63) is 65.9 Å². The van der Waals surface area contributed by atoms with Crippen LogP contribution in [-0.2, 0) is 0 Å². The van der Waals surface area contributed by atoms with E-state index in [-0.39, 0.29) is 5.82 Å². The number of hydrogen-bond acceptors (Lipinski definition) is 1. The highest BCUT2D eigenvalue weighted by molar-refractivity contribution is 5.86. The minimum absolute atomic E-state index is 0.349. The third-order valence-electron chi connectivity index (χ3n) is 3.36. The van der Waals surface area contributed by atoms with E-state index in [0.29, 0.717) is 5.65 Å². The van der Waals surface area contributed by atoms with Gasteiger partial charge in [-0.25, -0.2) is 9.37 Å². The van der Waals surface area contributed by atoms with E-state index in [9.17, 15) is 4.39 Å². The van der Waals surface area contributed by atoms with Gasteiger partial charge in [0.2, 0.25) is 0 Å². The number of fused-ring (bicyclic) bond motifs is 2. The molecule has 0 unspecified atom stereocenters. The van der Waals surface area contributed by atoms with Crippen LogP contribution in [0.5, 0.6) is 0 Å². The number of aromatic amines is 2. The third-order valence-corrected chi connectivity index (χ3v) is 3.36. The Labute approximate surface area is 119 Å². The van der Waals surface area contributed by atoms with E-state index in [1.807, 2.05) is 30.5 Å². The van der Waals surface area contributed by atoms with Crippen molar-refractivity contribution in [1.82, 2.24) is 15.0 Å². The van der Waals surface area contributed by atoms with Crippen molar-refractivity contribution in [3.8, 4) is 11.8 Å². The van der Waals surface area contributed by atoms with Crippen LogP contribution in [0.4, 0.5) is 4.39 Å². The predicted octanol–water partition coefficient (Wildman–Crippen LogP) is 3.58. The fourth-order valence-electron chi connectivity index (χ4n) is 2.38. The first-order valence-corrected chi connectivity index (χ1v) is 6.52. The number of nitrogens with one attached hydrogen (secondary N) is 2. The van der Waals surface area contributed by atoms with E-state index < -0.39 is 0 Å². The Kier molecular flexibility index (Phi) is 2.51. The fraction of sp³-hybridized carbons (Fsp3) is 0. The lowest BCUT2D eigenvalue weighted by Crippen LogP contribution is -1.79. The van der Waals surface area contributed by atoms with E-state index in [2.05, 4.69) is 26.8 Å². The zero-order valence-electron chi connectivity index (χ0n) is 10.9. The van der Waals surface area contributed by atoms with Gasteiger partial charge in [0.1, 0.15) is 11.5 Å². The maximum Gasteiger partial charge on any atom is 0.142 e. The van der Waals surface area contributed by atoms with Crippen LogP contribution < -0.4 is 0 Å². The summed E-state index contributed by atoms with van der Waals surface area (Å²) in [7, 11) is 0. The Bertz CT molecular complexity index is 1010. The van der Waals surface area contributed by atoms with Crippen molar-refractivity contribution < 1.29 is 4.39 Å². The number of pyridine rings is 1. The smallest absolute Gasteiger partial charge is 0.142 e. The van der Waals surface area contributed by atoms with E-state index in [1.165, 1.54) is 12.3 Å². The summed E-state index contributed by atoms with van der Waals surface area (Å²) < 4.78 is 13.1. The SMILES string of the molecule is Fc1cnc2[nH]c(C#Cc3cccc4[nH]ccc34)cc2c1.